The van der Waals surface area contributed by atoms with Crippen molar-refractivity contribution in [1.82, 2.24) is 9.80 Å². The molecule has 4 amide bonds. The molecule has 4 rings (SSSR count). The summed E-state index contributed by atoms with van der Waals surface area (Å²) in [5.74, 6) is -1.94. The molecule has 0 saturated carbocycles. The van der Waals surface area contributed by atoms with Gasteiger partial charge in [0, 0.05) is 38.1 Å². The minimum atomic E-state index is -0.600. The average Bonchev–Trinajstić information content (AvgIpc) is 3.42. The number of nitro groups is 2. The molecule has 0 unspecified atom stereocenters. The van der Waals surface area contributed by atoms with Crippen LogP contribution in [0.25, 0.3) is 0 Å². The van der Waals surface area contributed by atoms with Gasteiger partial charge >= 0.3 is 0 Å². The van der Waals surface area contributed by atoms with Crippen LogP contribution in [0, 0.1) is 20.2 Å². The lowest BCUT2D eigenvalue weighted by Crippen LogP contribution is -2.31. The lowest BCUT2D eigenvalue weighted by Gasteiger charge is -2.14. The number of amides is 4. The maximum absolute atomic E-state index is 13.2. The molecule has 2 heterocycles. The van der Waals surface area contributed by atoms with E-state index in [-0.39, 0.29) is 80.0 Å². The number of benzene rings is 2. The van der Waals surface area contributed by atoms with Crippen LogP contribution in [-0.2, 0) is 19.2 Å². The molecular formula is C26H22N6O8S4. The standard InChI is InChI=1S/C26H22N6O8S4/c33-19(27-15-7-1-3-9-17(15)31(37)38)11-5-13-29-23(35)21(43-25(29)41)22-24(36)30(26(42)44-22)14-6-12-20(34)28-16-8-2-4-10-18(16)32(39)40/h1-4,7-10H,5-6,11-14H2,(H,27,33)(H,28,34)/b22-21+. The van der Waals surface area contributed by atoms with Crippen molar-refractivity contribution in [2.24, 2.45) is 0 Å². The first-order valence-electron chi connectivity index (χ1n) is 12.9. The largest absolute Gasteiger partial charge is 0.320 e. The maximum Gasteiger partial charge on any atom is 0.292 e. The average molecular weight is 675 g/mol. The second-order valence-electron chi connectivity index (χ2n) is 9.16. The predicted octanol–water partition coefficient (Wildman–Crippen LogP) is 4.57. The van der Waals surface area contributed by atoms with Crippen molar-refractivity contribution in [3.05, 3.63) is 78.6 Å². The summed E-state index contributed by atoms with van der Waals surface area (Å²) in [5.41, 5.74) is -0.347. The summed E-state index contributed by atoms with van der Waals surface area (Å²) in [6.45, 7) is 0.181. The molecular weight excluding hydrogens is 653 g/mol. The van der Waals surface area contributed by atoms with Crippen molar-refractivity contribution < 1.29 is 29.0 Å². The van der Waals surface area contributed by atoms with Crippen molar-refractivity contribution in [1.29, 1.82) is 0 Å². The van der Waals surface area contributed by atoms with Gasteiger partial charge in [-0.05, 0) is 25.0 Å². The van der Waals surface area contributed by atoms with E-state index < -0.39 is 33.5 Å². The molecule has 2 fully saturated rings. The zero-order valence-electron chi connectivity index (χ0n) is 22.5. The fourth-order valence-corrected chi connectivity index (χ4v) is 6.93. The summed E-state index contributed by atoms with van der Waals surface area (Å²) in [5, 5.41) is 27.3. The number of anilines is 2. The van der Waals surface area contributed by atoms with Gasteiger partial charge in [0.05, 0.1) is 19.7 Å². The smallest absolute Gasteiger partial charge is 0.292 e. The molecule has 228 valence electrons. The summed E-state index contributed by atoms with van der Waals surface area (Å²) < 4.78 is 0.419. The third kappa shape index (κ3) is 7.62. The van der Waals surface area contributed by atoms with Gasteiger partial charge in [0.2, 0.25) is 11.8 Å². The Morgan fingerprint density at radius 3 is 1.43 bits per heavy atom. The van der Waals surface area contributed by atoms with E-state index in [9.17, 15) is 39.4 Å². The molecule has 2 aromatic rings. The molecule has 0 aliphatic carbocycles. The Morgan fingerprint density at radius 2 is 1.07 bits per heavy atom. The number of thioether (sulfide) groups is 2. The van der Waals surface area contributed by atoms with Crippen molar-refractivity contribution in [2.45, 2.75) is 25.7 Å². The highest BCUT2D eigenvalue weighted by Gasteiger charge is 2.41. The number of para-hydroxylation sites is 4. The molecule has 2 aliphatic heterocycles. The van der Waals surface area contributed by atoms with Crippen LogP contribution in [0.5, 0.6) is 0 Å². The van der Waals surface area contributed by atoms with Gasteiger partial charge in [-0.25, -0.2) is 0 Å². The SMILES string of the molecule is O=C(CCCN1C(=O)/C(=C2\SC(=S)N(CCCC(=O)Nc3ccccc3[N+](=O)[O-])C2=O)SC1=S)Nc1ccccc1[N+](=O)[O-]. The summed E-state index contributed by atoms with van der Waals surface area (Å²) in [4.78, 5) is 75.0. The molecule has 0 aromatic heterocycles. The maximum atomic E-state index is 13.2. The Balaban J connectivity index is 1.29. The molecule has 0 radical (unpaired) electrons. The number of thiocarbonyl (C=S) groups is 2. The van der Waals surface area contributed by atoms with Crippen molar-refractivity contribution in [3.8, 4) is 0 Å². The first-order chi connectivity index (χ1) is 21.0. The van der Waals surface area contributed by atoms with Crippen LogP contribution >= 0.6 is 48.0 Å². The lowest BCUT2D eigenvalue weighted by atomic mass is 10.2. The van der Waals surface area contributed by atoms with Crippen molar-refractivity contribution >= 4 is 103 Å². The molecule has 2 aliphatic rings. The zero-order valence-corrected chi connectivity index (χ0v) is 25.8. The van der Waals surface area contributed by atoms with E-state index >= 15 is 0 Å². The van der Waals surface area contributed by atoms with Gasteiger partial charge in [-0.15, -0.1) is 0 Å². The van der Waals surface area contributed by atoms with Gasteiger partial charge in [0.1, 0.15) is 20.0 Å². The number of nitro benzene ring substituents is 2. The van der Waals surface area contributed by atoms with Crippen LogP contribution in [0.3, 0.4) is 0 Å². The van der Waals surface area contributed by atoms with E-state index in [1.807, 2.05) is 0 Å². The number of nitrogens with zero attached hydrogens (tertiary/aromatic N) is 4. The van der Waals surface area contributed by atoms with Crippen molar-refractivity contribution in [3.63, 3.8) is 0 Å². The zero-order chi connectivity index (χ0) is 32.0. The van der Waals surface area contributed by atoms with Gasteiger partial charge < -0.3 is 10.6 Å². The first kappa shape index (κ1) is 32.6. The molecule has 2 saturated heterocycles. The lowest BCUT2D eigenvalue weighted by molar-refractivity contribution is -0.384. The highest BCUT2D eigenvalue weighted by atomic mass is 32.2. The Labute approximate surface area is 268 Å². The third-order valence-electron chi connectivity index (χ3n) is 6.23. The number of rotatable bonds is 12. The van der Waals surface area contributed by atoms with Crippen LogP contribution < -0.4 is 10.6 Å². The van der Waals surface area contributed by atoms with Crippen LogP contribution in [0.1, 0.15) is 25.7 Å². The van der Waals surface area contributed by atoms with Crippen LogP contribution in [0.4, 0.5) is 22.7 Å². The number of carbonyl (C=O) groups excluding carboxylic acids is 4. The van der Waals surface area contributed by atoms with Gasteiger partial charge in [0.25, 0.3) is 23.2 Å². The molecule has 44 heavy (non-hydrogen) atoms. The third-order valence-corrected chi connectivity index (χ3v) is 9.25. The van der Waals surface area contributed by atoms with E-state index in [1.54, 1.807) is 12.1 Å². The Hall–Kier alpha value is -4.26. The molecule has 18 heteroatoms. The van der Waals surface area contributed by atoms with Gasteiger partial charge in [-0.1, -0.05) is 72.2 Å². The summed E-state index contributed by atoms with van der Waals surface area (Å²) >= 11 is 12.6. The molecule has 0 spiro atoms. The highest BCUT2D eigenvalue weighted by Crippen LogP contribution is 2.42. The normalized spacial score (nSPS) is 16.5. The second kappa shape index (κ2) is 14.5. The quantitative estimate of drug-likeness (QED) is 0.138. The highest BCUT2D eigenvalue weighted by molar-refractivity contribution is 8.29. The topological polar surface area (TPSA) is 185 Å². The number of hydrogen-bond donors (Lipinski definition) is 2. The molecule has 2 aromatic carbocycles. The van der Waals surface area contributed by atoms with E-state index in [4.69, 9.17) is 24.4 Å². The predicted molar refractivity (Wildman–Crippen MR) is 173 cm³/mol. The first-order valence-corrected chi connectivity index (χ1v) is 15.3. The summed E-state index contributed by atoms with van der Waals surface area (Å²) in [7, 11) is 0. The Morgan fingerprint density at radius 1 is 0.705 bits per heavy atom. The van der Waals surface area contributed by atoms with Crippen LogP contribution in [0.2, 0.25) is 0 Å². The number of hydrogen-bond acceptors (Lipinski definition) is 12. The molecule has 0 bridgehead atoms. The second-order valence-corrected chi connectivity index (χ2v) is 12.4. The monoisotopic (exact) mass is 674 g/mol. The minimum Gasteiger partial charge on any atom is -0.320 e. The number of nitrogens with one attached hydrogen (secondary N) is 2. The summed E-state index contributed by atoms with van der Waals surface area (Å²) in [6.07, 6.45) is 0.347. The van der Waals surface area contributed by atoms with Gasteiger partial charge in [-0.3, -0.25) is 49.2 Å². The molecule has 2 N–H and O–H groups in total. The molecule has 14 nitrogen and oxygen atoms in total. The van der Waals surface area contributed by atoms with E-state index in [1.165, 1.54) is 46.2 Å². The fourth-order valence-electron chi connectivity index (χ4n) is 4.15. The Kier molecular flexibility index (Phi) is 10.7. The van der Waals surface area contributed by atoms with Crippen LogP contribution in [0.15, 0.2) is 58.3 Å². The van der Waals surface area contributed by atoms with E-state index in [0.29, 0.717) is 0 Å². The van der Waals surface area contributed by atoms with Gasteiger partial charge in [-0.2, -0.15) is 0 Å². The number of carbonyl (C=O) groups is 4. The van der Waals surface area contributed by atoms with E-state index in [2.05, 4.69) is 10.6 Å². The van der Waals surface area contributed by atoms with Crippen molar-refractivity contribution in [2.75, 3.05) is 23.7 Å². The van der Waals surface area contributed by atoms with E-state index in [0.717, 1.165) is 23.5 Å². The Bertz CT molecular complexity index is 1510. The van der Waals surface area contributed by atoms with Crippen LogP contribution in [-0.4, -0.2) is 65.0 Å². The molecule has 0 atom stereocenters. The minimum absolute atomic E-state index is 0.0360. The fraction of sp³-hybridized carbons (Fsp3) is 0.231. The summed E-state index contributed by atoms with van der Waals surface area (Å²) in [6, 6.07) is 11.5. The van der Waals surface area contributed by atoms with Gasteiger partial charge in [0.15, 0.2) is 0 Å².